The van der Waals surface area contributed by atoms with Crippen molar-refractivity contribution < 1.29 is 13.9 Å². The van der Waals surface area contributed by atoms with Crippen LogP contribution in [0, 0.1) is 5.82 Å². The minimum atomic E-state index is -0.578. The fraction of sp³-hybridized carbons (Fsp3) is 0. The van der Waals surface area contributed by atoms with E-state index in [1.54, 1.807) is 18.2 Å². The van der Waals surface area contributed by atoms with E-state index in [-0.39, 0.29) is 17.3 Å². The molecule has 0 amide bonds. The third-order valence-corrected chi connectivity index (χ3v) is 2.53. The zero-order valence-electron chi connectivity index (χ0n) is 10.5. The van der Waals surface area contributed by atoms with E-state index in [1.165, 1.54) is 36.4 Å². The number of halogens is 1. The summed E-state index contributed by atoms with van der Waals surface area (Å²) >= 11 is 0. The second-order valence-electron chi connectivity index (χ2n) is 4.10. The molecule has 0 atom stereocenters. The van der Waals surface area contributed by atoms with Crippen LogP contribution in [0.5, 0.6) is 5.75 Å². The van der Waals surface area contributed by atoms with Gasteiger partial charge in [-0.2, -0.15) is 0 Å². The molecule has 0 aromatic heterocycles. The van der Waals surface area contributed by atoms with Crippen LogP contribution in [0.25, 0.3) is 6.08 Å². The van der Waals surface area contributed by atoms with Crippen molar-refractivity contribution in [3.05, 3.63) is 59.9 Å². The number of nitrogen functional groups attached to an aromatic ring is 2. The Kier molecular flexibility index (Phi) is 4.00. The Bertz CT molecular complexity index is 651. The Labute approximate surface area is 115 Å². The lowest BCUT2D eigenvalue weighted by Gasteiger charge is -2.05. The fourth-order valence-electron chi connectivity index (χ4n) is 1.54. The van der Waals surface area contributed by atoms with Crippen molar-refractivity contribution in [3.63, 3.8) is 0 Å². The van der Waals surface area contributed by atoms with E-state index in [1.807, 2.05) is 0 Å². The molecule has 0 fully saturated rings. The summed E-state index contributed by atoms with van der Waals surface area (Å²) in [6.45, 7) is 0. The normalized spacial score (nSPS) is 10.7. The second kappa shape index (κ2) is 5.88. The van der Waals surface area contributed by atoms with Gasteiger partial charge < -0.3 is 16.2 Å². The van der Waals surface area contributed by atoms with Crippen LogP contribution in [0.4, 0.5) is 15.8 Å². The van der Waals surface area contributed by atoms with Crippen molar-refractivity contribution in [1.82, 2.24) is 0 Å². The highest BCUT2D eigenvalue weighted by Crippen LogP contribution is 2.23. The van der Waals surface area contributed by atoms with Crippen molar-refractivity contribution >= 4 is 23.4 Å². The molecular weight excluding hydrogens is 259 g/mol. The van der Waals surface area contributed by atoms with Crippen LogP contribution in [-0.4, -0.2) is 5.97 Å². The first-order valence-corrected chi connectivity index (χ1v) is 5.85. The molecule has 0 radical (unpaired) electrons. The molecule has 20 heavy (non-hydrogen) atoms. The van der Waals surface area contributed by atoms with Gasteiger partial charge >= 0.3 is 5.97 Å². The highest BCUT2D eigenvalue weighted by Gasteiger charge is 2.05. The Morgan fingerprint density at radius 2 is 1.80 bits per heavy atom. The smallest absolute Gasteiger partial charge is 0.336 e. The lowest BCUT2D eigenvalue weighted by atomic mass is 10.2. The maximum absolute atomic E-state index is 12.7. The summed E-state index contributed by atoms with van der Waals surface area (Å²) in [7, 11) is 0. The molecule has 0 bridgehead atoms. The number of carbonyl (C=O) groups is 1. The van der Waals surface area contributed by atoms with E-state index < -0.39 is 5.97 Å². The standard InChI is InChI=1S/C15H13FN2O2/c16-11-4-1-10(2-5-11)3-8-15(19)20-14-7-6-12(17)9-13(14)18/h1-9H,17-18H2. The van der Waals surface area contributed by atoms with Gasteiger partial charge in [-0.05, 0) is 42.0 Å². The molecule has 0 heterocycles. The fourth-order valence-corrected chi connectivity index (χ4v) is 1.54. The summed E-state index contributed by atoms with van der Waals surface area (Å²) in [6.07, 6.45) is 2.76. The van der Waals surface area contributed by atoms with Gasteiger partial charge in [0.1, 0.15) is 5.82 Å². The zero-order valence-corrected chi connectivity index (χ0v) is 10.5. The van der Waals surface area contributed by atoms with E-state index in [2.05, 4.69) is 0 Å². The number of nitrogens with two attached hydrogens (primary N) is 2. The molecule has 0 spiro atoms. The molecule has 2 aromatic rings. The maximum atomic E-state index is 12.7. The van der Waals surface area contributed by atoms with Gasteiger partial charge in [-0.3, -0.25) is 0 Å². The highest BCUT2D eigenvalue weighted by molar-refractivity contribution is 5.89. The number of hydrogen-bond donors (Lipinski definition) is 2. The van der Waals surface area contributed by atoms with Crippen LogP contribution >= 0.6 is 0 Å². The van der Waals surface area contributed by atoms with E-state index in [9.17, 15) is 9.18 Å². The average molecular weight is 272 g/mol. The molecule has 4 nitrogen and oxygen atoms in total. The van der Waals surface area contributed by atoms with Gasteiger partial charge in [-0.1, -0.05) is 12.1 Å². The summed E-state index contributed by atoms with van der Waals surface area (Å²) in [4.78, 5) is 11.6. The number of anilines is 2. The molecule has 2 aromatic carbocycles. The first kappa shape index (κ1) is 13.6. The van der Waals surface area contributed by atoms with Gasteiger partial charge in [0, 0.05) is 11.8 Å². The van der Waals surface area contributed by atoms with E-state index in [4.69, 9.17) is 16.2 Å². The van der Waals surface area contributed by atoms with Crippen molar-refractivity contribution in [2.24, 2.45) is 0 Å². The van der Waals surface area contributed by atoms with Gasteiger partial charge in [0.15, 0.2) is 5.75 Å². The molecule has 5 heteroatoms. The van der Waals surface area contributed by atoms with Crippen molar-refractivity contribution in [2.45, 2.75) is 0 Å². The predicted molar refractivity (Wildman–Crippen MR) is 76.3 cm³/mol. The topological polar surface area (TPSA) is 78.3 Å². The molecule has 0 aliphatic rings. The largest absolute Gasteiger partial charge is 0.421 e. The van der Waals surface area contributed by atoms with E-state index in [0.717, 1.165) is 0 Å². The molecule has 0 unspecified atom stereocenters. The number of esters is 1. The van der Waals surface area contributed by atoms with Gasteiger partial charge in [0.2, 0.25) is 0 Å². The monoisotopic (exact) mass is 272 g/mol. The zero-order chi connectivity index (χ0) is 14.5. The third kappa shape index (κ3) is 3.58. The SMILES string of the molecule is Nc1ccc(OC(=O)C=Cc2ccc(F)cc2)c(N)c1. The van der Waals surface area contributed by atoms with Crippen LogP contribution < -0.4 is 16.2 Å². The summed E-state index contributed by atoms with van der Waals surface area (Å²) in [5, 5.41) is 0. The molecular formula is C15H13FN2O2. The lowest BCUT2D eigenvalue weighted by Crippen LogP contribution is -2.06. The van der Waals surface area contributed by atoms with Crippen LogP contribution in [0.1, 0.15) is 5.56 Å². The summed E-state index contributed by atoms with van der Waals surface area (Å²) in [5.74, 6) is -0.668. The predicted octanol–water partition coefficient (Wildman–Crippen LogP) is 2.61. The van der Waals surface area contributed by atoms with Gasteiger partial charge in [-0.15, -0.1) is 0 Å². The van der Waals surface area contributed by atoms with Crippen LogP contribution in [0.15, 0.2) is 48.5 Å². The Balaban J connectivity index is 2.03. The maximum Gasteiger partial charge on any atom is 0.336 e. The average Bonchev–Trinajstić information content (AvgIpc) is 2.41. The first-order valence-electron chi connectivity index (χ1n) is 5.85. The number of ether oxygens (including phenoxy) is 1. The van der Waals surface area contributed by atoms with Crippen molar-refractivity contribution in [2.75, 3.05) is 11.5 Å². The van der Waals surface area contributed by atoms with Crippen LogP contribution in [0.3, 0.4) is 0 Å². The summed E-state index contributed by atoms with van der Waals surface area (Å²) in [5.41, 5.74) is 12.7. The van der Waals surface area contributed by atoms with E-state index >= 15 is 0 Å². The number of benzene rings is 2. The third-order valence-electron chi connectivity index (χ3n) is 2.53. The van der Waals surface area contributed by atoms with Gasteiger partial charge in [0.05, 0.1) is 5.69 Å². The number of rotatable bonds is 3. The van der Waals surface area contributed by atoms with Crippen LogP contribution in [0.2, 0.25) is 0 Å². The molecule has 0 saturated heterocycles. The Morgan fingerprint density at radius 3 is 2.45 bits per heavy atom. The molecule has 0 saturated carbocycles. The second-order valence-corrected chi connectivity index (χ2v) is 4.10. The molecule has 2 rings (SSSR count). The lowest BCUT2D eigenvalue weighted by molar-refractivity contribution is -0.128. The quantitative estimate of drug-likeness (QED) is 0.389. The minimum Gasteiger partial charge on any atom is -0.421 e. The molecule has 102 valence electrons. The number of carbonyl (C=O) groups excluding carboxylic acids is 1. The van der Waals surface area contributed by atoms with Crippen molar-refractivity contribution in [3.8, 4) is 5.75 Å². The number of hydrogen-bond acceptors (Lipinski definition) is 4. The first-order chi connectivity index (χ1) is 9.54. The van der Waals surface area contributed by atoms with Gasteiger partial charge in [-0.25, -0.2) is 9.18 Å². The summed E-state index contributed by atoms with van der Waals surface area (Å²) in [6, 6.07) is 10.3. The molecule has 0 aliphatic carbocycles. The van der Waals surface area contributed by atoms with E-state index in [0.29, 0.717) is 11.3 Å². The summed E-state index contributed by atoms with van der Waals surface area (Å²) < 4.78 is 17.8. The highest BCUT2D eigenvalue weighted by atomic mass is 19.1. The van der Waals surface area contributed by atoms with Crippen LogP contribution in [-0.2, 0) is 4.79 Å². The Hall–Kier alpha value is -2.82. The molecule has 4 N–H and O–H groups in total. The minimum absolute atomic E-state index is 0.243. The Morgan fingerprint density at radius 1 is 1.10 bits per heavy atom. The van der Waals surface area contributed by atoms with Gasteiger partial charge in [0.25, 0.3) is 0 Å². The van der Waals surface area contributed by atoms with Crippen molar-refractivity contribution in [1.29, 1.82) is 0 Å². The molecule has 0 aliphatic heterocycles.